The van der Waals surface area contributed by atoms with Gasteiger partial charge in [-0.25, -0.2) is 0 Å². The van der Waals surface area contributed by atoms with Crippen molar-refractivity contribution >= 4 is 28.9 Å². The minimum absolute atomic E-state index is 0.541. The Balaban J connectivity index is 1.67. The Morgan fingerprint density at radius 3 is 2.44 bits per heavy atom. The molecule has 0 saturated carbocycles. The highest BCUT2D eigenvalue weighted by atomic mass is 35.5. The van der Waals surface area contributed by atoms with Crippen LogP contribution >= 0.6 is 23.2 Å². The predicted molar refractivity (Wildman–Crippen MR) is 106 cm³/mol. The highest BCUT2D eigenvalue weighted by Gasteiger charge is 2.06. The molecule has 0 amide bonds. The van der Waals surface area contributed by atoms with E-state index in [1.54, 1.807) is 6.07 Å². The van der Waals surface area contributed by atoms with Crippen molar-refractivity contribution in [2.24, 2.45) is 0 Å². The van der Waals surface area contributed by atoms with E-state index < -0.39 is 0 Å². The average molecular weight is 372 g/mol. The Bertz CT molecular complexity index is 847. The van der Waals surface area contributed by atoms with Crippen LogP contribution in [-0.4, -0.2) is 0 Å². The molecule has 0 heterocycles. The van der Waals surface area contributed by atoms with Gasteiger partial charge in [0.05, 0.1) is 10.7 Å². The van der Waals surface area contributed by atoms with E-state index in [9.17, 15) is 0 Å². The highest BCUT2D eigenvalue weighted by molar-refractivity contribution is 6.36. The van der Waals surface area contributed by atoms with Crippen LogP contribution in [0.3, 0.4) is 0 Å². The minimum atomic E-state index is 0.541. The number of aryl methyl sites for hydroxylation is 1. The fourth-order valence-electron chi connectivity index (χ4n) is 2.46. The van der Waals surface area contributed by atoms with Crippen LogP contribution in [0.25, 0.3) is 0 Å². The Hall–Kier alpha value is -2.16. The van der Waals surface area contributed by atoms with Gasteiger partial charge in [0.1, 0.15) is 12.4 Å². The molecule has 0 unspecified atom stereocenters. The van der Waals surface area contributed by atoms with E-state index in [4.69, 9.17) is 27.9 Å². The van der Waals surface area contributed by atoms with Crippen LogP contribution in [-0.2, 0) is 13.2 Å². The minimum Gasteiger partial charge on any atom is -0.489 e. The molecule has 0 spiro atoms. The van der Waals surface area contributed by atoms with Crippen LogP contribution < -0.4 is 10.1 Å². The first kappa shape index (κ1) is 17.7. The first-order valence-electron chi connectivity index (χ1n) is 8.07. The summed E-state index contributed by atoms with van der Waals surface area (Å²) in [5.41, 5.74) is 4.31. The van der Waals surface area contributed by atoms with Gasteiger partial charge in [-0.15, -0.1) is 0 Å². The van der Waals surface area contributed by atoms with Crippen molar-refractivity contribution in [1.29, 1.82) is 0 Å². The third-order valence-corrected chi connectivity index (χ3v) is 4.44. The fraction of sp³-hybridized carbons (Fsp3) is 0.143. The molecule has 3 aromatic rings. The Kier molecular flexibility index (Phi) is 5.85. The van der Waals surface area contributed by atoms with Gasteiger partial charge in [0, 0.05) is 17.1 Å². The van der Waals surface area contributed by atoms with Gasteiger partial charge in [-0.1, -0.05) is 71.2 Å². The summed E-state index contributed by atoms with van der Waals surface area (Å²) >= 11 is 12.1. The summed E-state index contributed by atoms with van der Waals surface area (Å²) in [5.74, 6) is 0.862. The van der Waals surface area contributed by atoms with E-state index in [2.05, 4.69) is 36.5 Å². The summed E-state index contributed by atoms with van der Waals surface area (Å²) in [6, 6.07) is 21.8. The predicted octanol–water partition coefficient (Wildman–Crippen LogP) is 6.49. The number of anilines is 1. The lowest BCUT2D eigenvalue weighted by Gasteiger charge is -2.14. The number of halogens is 2. The summed E-state index contributed by atoms with van der Waals surface area (Å²) in [6.07, 6.45) is 0. The SMILES string of the molecule is Cc1ccc(COc2ccccc2CNc2ccc(Cl)cc2Cl)cc1. The zero-order valence-electron chi connectivity index (χ0n) is 13.9. The molecule has 0 radical (unpaired) electrons. The van der Waals surface area contributed by atoms with E-state index in [0.717, 1.165) is 22.6 Å². The van der Waals surface area contributed by atoms with Crippen LogP contribution in [0.15, 0.2) is 66.7 Å². The molecule has 0 bridgehead atoms. The van der Waals surface area contributed by atoms with Crippen LogP contribution in [0, 0.1) is 6.92 Å². The molecule has 3 rings (SSSR count). The third kappa shape index (κ3) is 4.91. The first-order valence-corrected chi connectivity index (χ1v) is 8.82. The van der Waals surface area contributed by atoms with Crippen molar-refractivity contribution < 1.29 is 4.74 Å². The Morgan fingerprint density at radius 1 is 0.920 bits per heavy atom. The second-order valence-corrected chi connectivity index (χ2v) is 6.70. The molecule has 0 aromatic heterocycles. The smallest absolute Gasteiger partial charge is 0.124 e. The van der Waals surface area contributed by atoms with E-state index in [1.165, 1.54) is 5.56 Å². The number of benzene rings is 3. The van der Waals surface area contributed by atoms with Gasteiger partial charge < -0.3 is 10.1 Å². The van der Waals surface area contributed by atoms with E-state index in [0.29, 0.717) is 23.2 Å². The maximum Gasteiger partial charge on any atom is 0.124 e. The summed E-state index contributed by atoms with van der Waals surface area (Å²) in [7, 11) is 0. The molecule has 128 valence electrons. The van der Waals surface area contributed by atoms with Gasteiger partial charge in [0.25, 0.3) is 0 Å². The molecular formula is C21H19Cl2NO. The van der Waals surface area contributed by atoms with E-state index in [-0.39, 0.29) is 0 Å². The van der Waals surface area contributed by atoms with Gasteiger partial charge in [0.2, 0.25) is 0 Å². The maximum absolute atomic E-state index is 6.21. The molecule has 0 aliphatic rings. The maximum atomic E-state index is 6.21. The molecule has 0 aliphatic heterocycles. The second-order valence-electron chi connectivity index (χ2n) is 5.86. The molecule has 0 atom stereocenters. The summed E-state index contributed by atoms with van der Waals surface area (Å²) in [4.78, 5) is 0. The number of hydrogen-bond donors (Lipinski definition) is 1. The second kappa shape index (κ2) is 8.28. The lowest BCUT2D eigenvalue weighted by molar-refractivity contribution is 0.303. The van der Waals surface area contributed by atoms with E-state index in [1.807, 2.05) is 36.4 Å². The molecule has 1 N–H and O–H groups in total. The molecular weight excluding hydrogens is 353 g/mol. The zero-order chi connectivity index (χ0) is 17.6. The lowest BCUT2D eigenvalue weighted by Crippen LogP contribution is -2.04. The Morgan fingerprint density at radius 2 is 1.68 bits per heavy atom. The van der Waals surface area contributed by atoms with Crippen molar-refractivity contribution in [2.45, 2.75) is 20.1 Å². The van der Waals surface area contributed by atoms with Crippen LogP contribution in [0.2, 0.25) is 10.0 Å². The standard InChI is InChI=1S/C21H19Cl2NO/c1-15-6-8-16(9-7-15)14-25-21-5-3-2-4-17(21)13-24-20-11-10-18(22)12-19(20)23/h2-12,24H,13-14H2,1H3. The number of nitrogens with one attached hydrogen (secondary N) is 1. The molecule has 0 aliphatic carbocycles. The van der Waals surface area contributed by atoms with Crippen molar-refractivity contribution in [3.05, 3.63) is 93.5 Å². The fourth-order valence-corrected chi connectivity index (χ4v) is 2.93. The topological polar surface area (TPSA) is 21.3 Å². The Labute approximate surface area is 158 Å². The van der Waals surface area contributed by atoms with Crippen molar-refractivity contribution in [3.63, 3.8) is 0 Å². The first-order chi connectivity index (χ1) is 12.1. The van der Waals surface area contributed by atoms with Gasteiger partial charge in [-0.3, -0.25) is 0 Å². The molecule has 2 nitrogen and oxygen atoms in total. The summed E-state index contributed by atoms with van der Waals surface area (Å²) in [6.45, 7) is 3.23. The van der Waals surface area contributed by atoms with Crippen molar-refractivity contribution in [2.75, 3.05) is 5.32 Å². The largest absolute Gasteiger partial charge is 0.489 e. The van der Waals surface area contributed by atoms with Crippen LogP contribution in [0.5, 0.6) is 5.75 Å². The van der Waals surface area contributed by atoms with Gasteiger partial charge in [-0.05, 0) is 36.8 Å². The number of hydrogen-bond acceptors (Lipinski definition) is 2. The molecule has 25 heavy (non-hydrogen) atoms. The van der Waals surface area contributed by atoms with Crippen LogP contribution in [0.1, 0.15) is 16.7 Å². The normalized spacial score (nSPS) is 10.5. The average Bonchev–Trinajstić information content (AvgIpc) is 2.61. The molecule has 0 fully saturated rings. The monoisotopic (exact) mass is 371 g/mol. The van der Waals surface area contributed by atoms with Crippen molar-refractivity contribution in [1.82, 2.24) is 0 Å². The summed E-state index contributed by atoms with van der Waals surface area (Å²) in [5, 5.41) is 4.56. The zero-order valence-corrected chi connectivity index (χ0v) is 15.4. The number of rotatable bonds is 6. The molecule has 0 saturated heterocycles. The summed E-state index contributed by atoms with van der Waals surface area (Å²) < 4.78 is 6.01. The molecule has 3 aromatic carbocycles. The number of para-hydroxylation sites is 1. The van der Waals surface area contributed by atoms with Gasteiger partial charge >= 0.3 is 0 Å². The third-order valence-electron chi connectivity index (χ3n) is 3.89. The van der Waals surface area contributed by atoms with Crippen LogP contribution in [0.4, 0.5) is 5.69 Å². The van der Waals surface area contributed by atoms with Crippen molar-refractivity contribution in [3.8, 4) is 5.75 Å². The lowest BCUT2D eigenvalue weighted by atomic mass is 10.1. The quantitative estimate of drug-likeness (QED) is 0.534. The molecule has 4 heteroatoms. The van der Waals surface area contributed by atoms with Gasteiger partial charge in [-0.2, -0.15) is 0 Å². The highest BCUT2D eigenvalue weighted by Crippen LogP contribution is 2.27. The number of ether oxygens (including phenoxy) is 1. The van der Waals surface area contributed by atoms with E-state index >= 15 is 0 Å². The van der Waals surface area contributed by atoms with Gasteiger partial charge in [0.15, 0.2) is 0 Å².